The van der Waals surface area contributed by atoms with Gasteiger partial charge in [-0.25, -0.2) is 9.97 Å². The molecule has 0 amide bonds. The third-order valence-electron chi connectivity index (χ3n) is 3.80. The Labute approximate surface area is 104 Å². The molecule has 3 nitrogen and oxygen atoms in total. The van der Waals surface area contributed by atoms with Crippen molar-refractivity contribution in [2.45, 2.75) is 57.9 Å². The van der Waals surface area contributed by atoms with Crippen LogP contribution in [0.15, 0.2) is 6.33 Å². The van der Waals surface area contributed by atoms with Crippen molar-refractivity contribution in [1.29, 1.82) is 0 Å². The van der Waals surface area contributed by atoms with Crippen molar-refractivity contribution < 1.29 is 0 Å². The highest BCUT2D eigenvalue weighted by Crippen LogP contribution is 2.21. The lowest BCUT2D eigenvalue weighted by Crippen LogP contribution is -2.27. The van der Waals surface area contributed by atoms with Crippen molar-refractivity contribution >= 4 is 0 Å². The summed E-state index contributed by atoms with van der Waals surface area (Å²) >= 11 is 0. The molecule has 0 saturated carbocycles. The highest BCUT2D eigenvalue weighted by Gasteiger charge is 2.16. The number of rotatable bonds is 4. The number of aryl methyl sites for hydroxylation is 1. The first-order valence-electron chi connectivity index (χ1n) is 6.84. The van der Waals surface area contributed by atoms with Crippen LogP contribution in [0.1, 0.15) is 49.6 Å². The number of aromatic nitrogens is 2. The molecule has 0 radical (unpaired) electrons. The summed E-state index contributed by atoms with van der Waals surface area (Å²) in [6, 6.07) is 0.539. The minimum absolute atomic E-state index is 0.539. The molecule has 0 spiro atoms. The number of fused-ring (bicyclic) bond motifs is 1. The Balaban J connectivity index is 2.21. The maximum Gasteiger partial charge on any atom is 0.115 e. The molecule has 1 aromatic heterocycles. The minimum Gasteiger partial charge on any atom is -0.317 e. The van der Waals surface area contributed by atoms with E-state index >= 15 is 0 Å². The Bertz CT molecular complexity index is 358. The molecule has 1 atom stereocenters. The van der Waals surface area contributed by atoms with Gasteiger partial charge in [0.25, 0.3) is 0 Å². The molecule has 0 aromatic carbocycles. The predicted octanol–water partition coefficient (Wildman–Crippen LogP) is 2.29. The molecule has 3 heteroatoms. The largest absolute Gasteiger partial charge is 0.317 e. The fourth-order valence-electron chi connectivity index (χ4n) is 2.63. The fourth-order valence-corrected chi connectivity index (χ4v) is 2.63. The molecule has 2 rings (SSSR count). The zero-order valence-corrected chi connectivity index (χ0v) is 11.0. The van der Waals surface area contributed by atoms with Gasteiger partial charge < -0.3 is 5.32 Å². The first-order chi connectivity index (χ1) is 8.35. The lowest BCUT2D eigenvalue weighted by molar-refractivity contribution is 0.533. The van der Waals surface area contributed by atoms with Crippen molar-refractivity contribution in [3.63, 3.8) is 0 Å². The third-order valence-corrected chi connectivity index (χ3v) is 3.80. The zero-order chi connectivity index (χ0) is 12.1. The lowest BCUT2D eigenvalue weighted by Gasteiger charge is -2.16. The van der Waals surface area contributed by atoms with Crippen LogP contribution < -0.4 is 5.32 Å². The molecule has 1 N–H and O–H groups in total. The van der Waals surface area contributed by atoms with Crippen LogP contribution in [0.2, 0.25) is 0 Å². The van der Waals surface area contributed by atoms with Crippen molar-refractivity contribution in [2.75, 3.05) is 7.05 Å². The first kappa shape index (κ1) is 12.5. The Morgan fingerprint density at radius 2 is 2.06 bits per heavy atom. The normalized spacial score (nSPS) is 17.3. The topological polar surface area (TPSA) is 37.8 Å². The van der Waals surface area contributed by atoms with Crippen LogP contribution in [0.4, 0.5) is 0 Å². The van der Waals surface area contributed by atoms with E-state index in [1.165, 1.54) is 42.6 Å². The van der Waals surface area contributed by atoms with Crippen LogP contribution in [0, 0.1) is 0 Å². The van der Waals surface area contributed by atoms with E-state index in [1.807, 2.05) is 7.05 Å². The molecule has 0 bridgehead atoms. The number of nitrogens with one attached hydrogen (secondary N) is 1. The molecule has 1 unspecified atom stereocenters. The molecule has 0 fully saturated rings. The summed E-state index contributed by atoms with van der Waals surface area (Å²) in [6.07, 6.45) is 10.2. The molecule has 1 aliphatic rings. The summed E-state index contributed by atoms with van der Waals surface area (Å²) in [5.41, 5.74) is 4.02. The van der Waals surface area contributed by atoms with E-state index in [4.69, 9.17) is 0 Å². The predicted molar refractivity (Wildman–Crippen MR) is 70.1 cm³/mol. The first-order valence-corrected chi connectivity index (χ1v) is 6.84. The van der Waals surface area contributed by atoms with E-state index < -0.39 is 0 Å². The minimum atomic E-state index is 0.539. The second kappa shape index (κ2) is 6.10. The summed E-state index contributed by atoms with van der Waals surface area (Å²) in [7, 11) is 2.04. The van der Waals surface area contributed by atoms with Gasteiger partial charge in [0.1, 0.15) is 6.33 Å². The van der Waals surface area contributed by atoms with Gasteiger partial charge in [0.2, 0.25) is 0 Å². The van der Waals surface area contributed by atoms with E-state index in [2.05, 4.69) is 22.2 Å². The summed E-state index contributed by atoms with van der Waals surface area (Å²) in [6.45, 7) is 2.22. The molecule has 17 heavy (non-hydrogen) atoms. The van der Waals surface area contributed by atoms with Gasteiger partial charge >= 0.3 is 0 Å². The molecule has 1 aliphatic carbocycles. The zero-order valence-electron chi connectivity index (χ0n) is 11.0. The van der Waals surface area contributed by atoms with Crippen LogP contribution in [-0.2, 0) is 19.3 Å². The average Bonchev–Trinajstić information content (AvgIpc) is 2.61. The molecular weight excluding hydrogens is 210 g/mol. The maximum atomic E-state index is 4.52. The van der Waals surface area contributed by atoms with E-state index in [-0.39, 0.29) is 0 Å². The standard InChI is InChI=1S/C14H23N3/c1-3-11(15-2)9-14-12-7-5-4-6-8-13(12)16-10-17-14/h10-11,15H,3-9H2,1-2H3. The van der Waals surface area contributed by atoms with Crippen LogP contribution in [0.3, 0.4) is 0 Å². The summed E-state index contributed by atoms with van der Waals surface area (Å²) < 4.78 is 0. The summed E-state index contributed by atoms with van der Waals surface area (Å²) in [5.74, 6) is 0. The van der Waals surface area contributed by atoms with Crippen LogP contribution in [-0.4, -0.2) is 23.1 Å². The van der Waals surface area contributed by atoms with E-state index in [0.717, 1.165) is 19.3 Å². The second-order valence-electron chi connectivity index (χ2n) is 4.90. The highest BCUT2D eigenvalue weighted by atomic mass is 14.9. The van der Waals surface area contributed by atoms with E-state index in [1.54, 1.807) is 6.33 Å². The smallest absolute Gasteiger partial charge is 0.115 e. The summed E-state index contributed by atoms with van der Waals surface area (Å²) in [4.78, 5) is 8.99. The number of hydrogen-bond acceptors (Lipinski definition) is 3. The van der Waals surface area contributed by atoms with Gasteiger partial charge in [0.15, 0.2) is 0 Å². The van der Waals surface area contributed by atoms with Crippen LogP contribution >= 0.6 is 0 Å². The number of nitrogens with zero attached hydrogens (tertiary/aromatic N) is 2. The summed E-state index contributed by atoms with van der Waals surface area (Å²) in [5, 5.41) is 3.36. The van der Waals surface area contributed by atoms with Crippen molar-refractivity contribution in [1.82, 2.24) is 15.3 Å². The molecule has 0 aliphatic heterocycles. The van der Waals surface area contributed by atoms with E-state index in [9.17, 15) is 0 Å². The number of hydrogen-bond donors (Lipinski definition) is 1. The molecule has 94 valence electrons. The van der Waals surface area contributed by atoms with Gasteiger partial charge in [-0.15, -0.1) is 0 Å². The number of likely N-dealkylation sites (N-methyl/N-ethyl adjacent to an activating group) is 1. The van der Waals surface area contributed by atoms with Gasteiger partial charge in [-0.1, -0.05) is 13.3 Å². The van der Waals surface area contributed by atoms with Crippen molar-refractivity contribution in [2.24, 2.45) is 0 Å². The van der Waals surface area contributed by atoms with Gasteiger partial charge in [-0.3, -0.25) is 0 Å². The average molecular weight is 233 g/mol. The van der Waals surface area contributed by atoms with E-state index in [0.29, 0.717) is 6.04 Å². The Morgan fingerprint density at radius 1 is 1.24 bits per heavy atom. The highest BCUT2D eigenvalue weighted by molar-refractivity contribution is 5.26. The van der Waals surface area contributed by atoms with Gasteiger partial charge in [0, 0.05) is 23.9 Å². The molecular formula is C14H23N3. The van der Waals surface area contributed by atoms with Gasteiger partial charge in [-0.05, 0) is 44.7 Å². The van der Waals surface area contributed by atoms with Crippen LogP contribution in [0.5, 0.6) is 0 Å². The molecule has 0 saturated heterocycles. The third kappa shape index (κ3) is 3.03. The fraction of sp³-hybridized carbons (Fsp3) is 0.714. The lowest BCUT2D eigenvalue weighted by atomic mass is 10.0. The SMILES string of the molecule is CCC(Cc1ncnc2c1CCCCC2)NC. The molecule has 1 heterocycles. The maximum absolute atomic E-state index is 4.52. The van der Waals surface area contributed by atoms with Crippen LogP contribution in [0.25, 0.3) is 0 Å². The van der Waals surface area contributed by atoms with Gasteiger partial charge in [-0.2, -0.15) is 0 Å². The second-order valence-corrected chi connectivity index (χ2v) is 4.90. The Morgan fingerprint density at radius 3 is 2.82 bits per heavy atom. The Hall–Kier alpha value is -0.960. The monoisotopic (exact) mass is 233 g/mol. The molecule has 1 aromatic rings. The quantitative estimate of drug-likeness (QED) is 0.811. The van der Waals surface area contributed by atoms with Crippen molar-refractivity contribution in [3.8, 4) is 0 Å². The van der Waals surface area contributed by atoms with Crippen molar-refractivity contribution in [3.05, 3.63) is 23.3 Å². The van der Waals surface area contributed by atoms with Gasteiger partial charge in [0.05, 0.1) is 0 Å². The Kier molecular flexibility index (Phi) is 4.49.